The maximum absolute atomic E-state index is 12.5. The van der Waals surface area contributed by atoms with Gasteiger partial charge >= 0.3 is 0 Å². The SMILES string of the molecule is C=C/C=C(\N=C)C1CC1C(=O)Nc1ccc(-c2ccc(CN3CCOCC3)cc2)cn1. The van der Waals surface area contributed by atoms with E-state index in [0.29, 0.717) is 5.82 Å². The van der Waals surface area contributed by atoms with Crippen LogP contribution in [0.25, 0.3) is 11.1 Å². The number of morpholine rings is 1. The highest BCUT2D eigenvalue weighted by Crippen LogP contribution is 2.45. The van der Waals surface area contributed by atoms with Gasteiger partial charge in [0.1, 0.15) is 5.82 Å². The third-order valence-electron chi connectivity index (χ3n) is 5.79. The number of hydrogen-bond donors (Lipinski definition) is 1. The van der Waals surface area contributed by atoms with Crippen LogP contribution in [-0.2, 0) is 16.1 Å². The second kappa shape index (κ2) is 9.81. The van der Waals surface area contributed by atoms with E-state index in [1.165, 1.54) is 5.56 Å². The van der Waals surface area contributed by atoms with Crippen LogP contribution in [0, 0.1) is 11.8 Å². The van der Waals surface area contributed by atoms with Crippen molar-refractivity contribution in [1.82, 2.24) is 9.88 Å². The Morgan fingerprint density at radius 1 is 1.16 bits per heavy atom. The molecule has 2 aliphatic rings. The Hall–Kier alpha value is -3.09. The van der Waals surface area contributed by atoms with Crippen LogP contribution < -0.4 is 5.32 Å². The van der Waals surface area contributed by atoms with E-state index < -0.39 is 0 Å². The Morgan fingerprint density at radius 3 is 2.55 bits per heavy atom. The number of benzene rings is 1. The first-order valence-corrected chi connectivity index (χ1v) is 10.6. The lowest BCUT2D eigenvalue weighted by atomic mass is 10.1. The molecule has 6 nitrogen and oxygen atoms in total. The summed E-state index contributed by atoms with van der Waals surface area (Å²) in [5, 5.41) is 2.91. The van der Waals surface area contributed by atoms with Gasteiger partial charge in [-0.1, -0.05) is 36.9 Å². The van der Waals surface area contributed by atoms with E-state index in [1.54, 1.807) is 12.3 Å². The number of pyridine rings is 1. The number of amides is 1. The van der Waals surface area contributed by atoms with Crippen LogP contribution in [0.4, 0.5) is 5.82 Å². The molecule has 0 bridgehead atoms. The van der Waals surface area contributed by atoms with Gasteiger partial charge in [0.15, 0.2) is 0 Å². The predicted octanol–water partition coefficient (Wildman–Crippen LogP) is 3.93. The lowest BCUT2D eigenvalue weighted by Crippen LogP contribution is -2.35. The van der Waals surface area contributed by atoms with Crippen molar-refractivity contribution in [2.24, 2.45) is 16.8 Å². The summed E-state index contributed by atoms with van der Waals surface area (Å²) in [5.74, 6) is 0.559. The van der Waals surface area contributed by atoms with E-state index in [2.05, 4.69) is 57.8 Å². The molecule has 1 aliphatic carbocycles. The average molecular weight is 417 g/mol. The predicted molar refractivity (Wildman–Crippen MR) is 124 cm³/mol. The van der Waals surface area contributed by atoms with Crippen LogP contribution in [-0.4, -0.2) is 48.8 Å². The Morgan fingerprint density at radius 2 is 1.90 bits per heavy atom. The van der Waals surface area contributed by atoms with Gasteiger partial charge in [-0.25, -0.2) is 4.98 Å². The molecule has 1 aromatic heterocycles. The number of carbonyl (C=O) groups is 1. The number of ether oxygens (including phenoxy) is 1. The molecule has 1 N–H and O–H groups in total. The normalized spacial score (nSPS) is 21.4. The van der Waals surface area contributed by atoms with Gasteiger partial charge in [-0.3, -0.25) is 14.7 Å². The highest BCUT2D eigenvalue weighted by atomic mass is 16.5. The van der Waals surface area contributed by atoms with Gasteiger partial charge in [0, 0.05) is 48.9 Å². The van der Waals surface area contributed by atoms with Crippen LogP contribution in [0.1, 0.15) is 12.0 Å². The Labute approximate surface area is 183 Å². The number of carbonyl (C=O) groups excluding carboxylic acids is 1. The Kier molecular flexibility index (Phi) is 6.70. The van der Waals surface area contributed by atoms with E-state index in [1.807, 2.05) is 18.2 Å². The molecule has 2 aromatic rings. The van der Waals surface area contributed by atoms with Crippen LogP contribution in [0.3, 0.4) is 0 Å². The van der Waals surface area contributed by atoms with Crippen LogP contribution in [0.5, 0.6) is 0 Å². The highest BCUT2D eigenvalue weighted by molar-refractivity contribution is 5.94. The van der Waals surface area contributed by atoms with E-state index in [4.69, 9.17) is 4.74 Å². The monoisotopic (exact) mass is 416 g/mol. The van der Waals surface area contributed by atoms with Crippen molar-refractivity contribution in [2.45, 2.75) is 13.0 Å². The molecule has 2 atom stereocenters. The molecule has 6 heteroatoms. The molecule has 1 amide bonds. The van der Waals surface area contributed by atoms with Gasteiger partial charge in [-0.2, -0.15) is 0 Å². The van der Waals surface area contributed by atoms with Crippen LogP contribution >= 0.6 is 0 Å². The van der Waals surface area contributed by atoms with E-state index in [9.17, 15) is 4.79 Å². The molecule has 2 unspecified atom stereocenters. The molecule has 0 radical (unpaired) electrons. The lowest BCUT2D eigenvalue weighted by Gasteiger charge is -2.26. The fraction of sp³-hybridized carbons (Fsp3) is 0.320. The second-order valence-electron chi connectivity index (χ2n) is 7.94. The third-order valence-corrected chi connectivity index (χ3v) is 5.79. The largest absolute Gasteiger partial charge is 0.379 e. The number of aromatic nitrogens is 1. The quantitative estimate of drug-likeness (QED) is 0.523. The van der Waals surface area contributed by atoms with Crippen molar-refractivity contribution >= 4 is 18.4 Å². The summed E-state index contributed by atoms with van der Waals surface area (Å²) in [6.07, 6.45) is 6.06. The highest BCUT2D eigenvalue weighted by Gasteiger charge is 2.45. The first-order chi connectivity index (χ1) is 15.2. The minimum absolute atomic E-state index is 0.0312. The molecule has 160 valence electrons. The van der Waals surface area contributed by atoms with Crippen molar-refractivity contribution in [3.63, 3.8) is 0 Å². The fourth-order valence-corrected chi connectivity index (χ4v) is 3.90. The molecule has 1 saturated heterocycles. The maximum Gasteiger partial charge on any atom is 0.229 e. The van der Waals surface area contributed by atoms with Crippen molar-refractivity contribution in [2.75, 3.05) is 31.6 Å². The summed E-state index contributed by atoms with van der Waals surface area (Å²) in [5.41, 5.74) is 4.23. The number of nitrogens with one attached hydrogen (secondary N) is 1. The number of aliphatic imine (C=N–C) groups is 1. The van der Waals surface area contributed by atoms with Crippen molar-refractivity contribution < 1.29 is 9.53 Å². The zero-order valence-corrected chi connectivity index (χ0v) is 17.7. The van der Waals surface area contributed by atoms with Gasteiger partial charge in [0.05, 0.1) is 13.2 Å². The molecule has 2 heterocycles. The second-order valence-corrected chi connectivity index (χ2v) is 7.94. The molecule has 2 fully saturated rings. The Balaban J connectivity index is 1.33. The topological polar surface area (TPSA) is 66.8 Å². The van der Waals surface area contributed by atoms with E-state index in [0.717, 1.165) is 56.1 Å². The number of nitrogens with zero attached hydrogens (tertiary/aromatic N) is 3. The summed E-state index contributed by atoms with van der Waals surface area (Å²) in [4.78, 5) is 23.3. The first kappa shape index (κ1) is 21.2. The number of anilines is 1. The van der Waals surface area contributed by atoms with Crippen molar-refractivity contribution in [3.05, 3.63) is 72.6 Å². The lowest BCUT2D eigenvalue weighted by molar-refractivity contribution is -0.117. The summed E-state index contributed by atoms with van der Waals surface area (Å²) in [7, 11) is 0. The minimum atomic E-state index is -0.0859. The summed E-state index contributed by atoms with van der Waals surface area (Å²) in [6, 6.07) is 12.4. The summed E-state index contributed by atoms with van der Waals surface area (Å²) in [6.45, 7) is 11.8. The van der Waals surface area contributed by atoms with Gasteiger partial charge in [-0.05, 0) is 42.5 Å². The smallest absolute Gasteiger partial charge is 0.229 e. The minimum Gasteiger partial charge on any atom is -0.379 e. The number of rotatable bonds is 8. The van der Waals surface area contributed by atoms with Gasteiger partial charge in [0.2, 0.25) is 5.91 Å². The number of hydrogen-bond acceptors (Lipinski definition) is 5. The van der Waals surface area contributed by atoms with Crippen molar-refractivity contribution in [1.29, 1.82) is 0 Å². The molecule has 1 aliphatic heterocycles. The summed E-state index contributed by atoms with van der Waals surface area (Å²) >= 11 is 0. The molecular formula is C25H28N4O2. The third kappa shape index (κ3) is 5.34. The fourth-order valence-electron chi connectivity index (χ4n) is 3.90. The van der Waals surface area contributed by atoms with E-state index >= 15 is 0 Å². The average Bonchev–Trinajstić information content (AvgIpc) is 3.60. The first-order valence-electron chi connectivity index (χ1n) is 10.6. The van der Waals surface area contributed by atoms with E-state index in [-0.39, 0.29) is 17.7 Å². The van der Waals surface area contributed by atoms with Gasteiger partial charge < -0.3 is 10.1 Å². The molecule has 31 heavy (non-hydrogen) atoms. The van der Waals surface area contributed by atoms with Crippen LogP contribution in [0.2, 0.25) is 0 Å². The maximum atomic E-state index is 12.5. The van der Waals surface area contributed by atoms with Crippen LogP contribution in [0.15, 0.2) is 72.0 Å². The summed E-state index contributed by atoms with van der Waals surface area (Å²) < 4.78 is 5.41. The zero-order valence-electron chi connectivity index (χ0n) is 17.7. The molecular weight excluding hydrogens is 388 g/mol. The molecule has 0 spiro atoms. The standard InChI is InChI=1S/C25H28N4O2/c1-3-4-23(26-2)21-15-22(21)25(30)28-24-10-9-20(16-27-24)19-7-5-18(6-8-19)17-29-11-13-31-14-12-29/h3-10,16,21-22H,1-2,11-15,17H2,(H,27,28,30)/b23-4-. The van der Waals surface area contributed by atoms with Gasteiger partial charge in [0.25, 0.3) is 0 Å². The molecule has 1 aromatic carbocycles. The number of allylic oxidation sites excluding steroid dienone is 3. The van der Waals surface area contributed by atoms with Gasteiger partial charge in [-0.15, -0.1) is 0 Å². The Bertz CT molecular complexity index is 960. The molecule has 1 saturated carbocycles. The van der Waals surface area contributed by atoms with Crippen molar-refractivity contribution in [3.8, 4) is 11.1 Å². The molecule has 4 rings (SSSR count). The zero-order chi connectivity index (χ0) is 21.6.